The quantitative estimate of drug-likeness (QED) is 0.844. The molecule has 0 heterocycles. The van der Waals surface area contributed by atoms with Gasteiger partial charge in [-0.05, 0) is 43.5 Å². The van der Waals surface area contributed by atoms with Crippen LogP contribution in [0.2, 0.25) is 0 Å². The van der Waals surface area contributed by atoms with E-state index >= 15 is 0 Å². The first kappa shape index (κ1) is 16.2. The molecule has 0 bridgehead atoms. The van der Waals surface area contributed by atoms with Crippen LogP contribution >= 0.6 is 0 Å². The van der Waals surface area contributed by atoms with Crippen LogP contribution in [0.15, 0.2) is 54.6 Å². The molecule has 2 unspecified atom stereocenters. The molecule has 2 N–H and O–H groups in total. The van der Waals surface area contributed by atoms with Gasteiger partial charge in [0.1, 0.15) is 6.04 Å². The Morgan fingerprint density at radius 3 is 2.45 bits per heavy atom. The van der Waals surface area contributed by atoms with Crippen LogP contribution in [0.25, 0.3) is 0 Å². The number of amides is 1. The molecule has 0 aliphatic carbocycles. The minimum Gasteiger partial charge on any atom is -0.324 e. The zero-order chi connectivity index (χ0) is 15.9. The third kappa shape index (κ3) is 4.43. The van der Waals surface area contributed by atoms with E-state index in [1.807, 2.05) is 61.5 Å². The number of hydrogen-bond donors (Lipinski definition) is 2. The van der Waals surface area contributed by atoms with E-state index in [1.54, 1.807) is 0 Å². The average Bonchev–Trinajstić information content (AvgIpc) is 2.53. The van der Waals surface area contributed by atoms with Crippen molar-refractivity contribution in [3.05, 3.63) is 65.7 Å². The predicted octanol–water partition coefficient (Wildman–Crippen LogP) is 4.06. The average molecular weight is 296 g/mol. The second-order valence-corrected chi connectivity index (χ2v) is 5.68. The number of aryl methyl sites for hydroxylation is 1. The zero-order valence-corrected chi connectivity index (χ0v) is 13.5. The van der Waals surface area contributed by atoms with Crippen molar-refractivity contribution in [3.63, 3.8) is 0 Å². The van der Waals surface area contributed by atoms with E-state index in [2.05, 4.69) is 24.5 Å². The summed E-state index contributed by atoms with van der Waals surface area (Å²) in [6.45, 7) is 6.22. The standard InChI is InChI=1S/C19H24N2O/c1-4-15(3)20-18(16-10-6-5-7-11-16)19(22)21-17-12-8-9-14(2)13-17/h5-13,15,18,20H,4H2,1-3H3,(H,21,22). The molecule has 0 fully saturated rings. The molecule has 0 aromatic heterocycles. The Bertz CT molecular complexity index is 610. The molecule has 2 rings (SSSR count). The molecule has 2 aromatic rings. The maximum absolute atomic E-state index is 12.7. The Hall–Kier alpha value is -2.13. The summed E-state index contributed by atoms with van der Waals surface area (Å²) in [5.74, 6) is -0.0305. The smallest absolute Gasteiger partial charge is 0.246 e. The Morgan fingerprint density at radius 1 is 1.09 bits per heavy atom. The lowest BCUT2D eigenvalue weighted by molar-refractivity contribution is -0.118. The zero-order valence-electron chi connectivity index (χ0n) is 13.5. The molecule has 116 valence electrons. The van der Waals surface area contributed by atoms with E-state index in [1.165, 1.54) is 0 Å². The van der Waals surface area contributed by atoms with Gasteiger partial charge in [0, 0.05) is 11.7 Å². The van der Waals surface area contributed by atoms with Crippen molar-refractivity contribution in [1.29, 1.82) is 0 Å². The van der Waals surface area contributed by atoms with Gasteiger partial charge in [0.25, 0.3) is 0 Å². The molecule has 0 saturated heterocycles. The summed E-state index contributed by atoms with van der Waals surface area (Å²) < 4.78 is 0. The predicted molar refractivity (Wildman–Crippen MR) is 91.9 cm³/mol. The first-order valence-corrected chi connectivity index (χ1v) is 7.78. The third-order valence-electron chi connectivity index (χ3n) is 3.74. The van der Waals surface area contributed by atoms with Crippen molar-refractivity contribution in [2.24, 2.45) is 0 Å². The molecule has 0 aliphatic rings. The van der Waals surface area contributed by atoms with Crippen molar-refractivity contribution in [2.75, 3.05) is 5.32 Å². The highest BCUT2D eigenvalue weighted by Gasteiger charge is 2.21. The molecular formula is C19H24N2O. The van der Waals surface area contributed by atoms with E-state index in [9.17, 15) is 4.79 Å². The number of nitrogens with one attached hydrogen (secondary N) is 2. The van der Waals surface area contributed by atoms with Crippen molar-refractivity contribution in [3.8, 4) is 0 Å². The molecule has 0 saturated carbocycles. The lowest BCUT2D eigenvalue weighted by Crippen LogP contribution is -2.38. The fraction of sp³-hybridized carbons (Fsp3) is 0.316. The molecular weight excluding hydrogens is 272 g/mol. The molecule has 1 amide bonds. The Kier molecular flexibility index (Phi) is 5.73. The van der Waals surface area contributed by atoms with E-state index < -0.39 is 0 Å². The minimum atomic E-state index is -0.350. The van der Waals surface area contributed by atoms with Crippen molar-refractivity contribution in [1.82, 2.24) is 5.32 Å². The Morgan fingerprint density at radius 2 is 1.82 bits per heavy atom. The summed E-state index contributed by atoms with van der Waals surface area (Å²) >= 11 is 0. The third-order valence-corrected chi connectivity index (χ3v) is 3.74. The molecule has 2 aromatic carbocycles. The summed E-state index contributed by atoms with van der Waals surface area (Å²) in [5, 5.41) is 6.41. The van der Waals surface area contributed by atoms with Gasteiger partial charge in [0.2, 0.25) is 5.91 Å². The van der Waals surface area contributed by atoms with Gasteiger partial charge in [-0.3, -0.25) is 10.1 Å². The summed E-state index contributed by atoms with van der Waals surface area (Å²) in [4.78, 5) is 12.7. The minimum absolute atomic E-state index is 0.0305. The highest BCUT2D eigenvalue weighted by Crippen LogP contribution is 2.18. The van der Waals surface area contributed by atoms with Crippen LogP contribution in [-0.2, 0) is 4.79 Å². The monoisotopic (exact) mass is 296 g/mol. The SMILES string of the molecule is CCC(C)NC(C(=O)Nc1cccc(C)c1)c1ccccc1. The van der Waals surface area contributed by atoms with E-state index in [0.29, 0.717) is 0 Å². The van der Waals surface area contributed by atoms with Crippen LogP contribution in [0.5, 0.6) is 0 Å². The molecule has 0 spiro atoms. The number of hydrogen-bond acceptors (Lipinski definition) is 2. The number of benzene rings is 2. The van der Waals surface area contributed by atoms with Crippen LogP contribution in [0.1, 0.15) is 37.4 Å². The van der Waals surface area contributed by atoms with Crippen LogP contribution in [0, 0.1) is 6.92 Å². The first-order chi connectivity index (χ1) is 10.6. The first-order valence-electron chi connectivity index (χ1n) is 7.78. The van der Waals surface area contributed by atoms with Gasteiger partial charge >= 0.3 is 0 Å². The topological polar surface area (TPSA) is 41.1 Å². The number of carbonyl (C=O) groups excluding carboxylic acids is 1. The Labute approximate surface area is 132 Å². The Balaban J connectivity index is 2.19. The number of rotatable bonds is 6. The highest BCUT2D eigenvalue weighted by atomic mass is 16.2. The highest BCUT2D eigenvalue weighted by molar-refractivity contribution is 5.95. The van der Waals surface area contributed by atoms with Gasteiger partial charge in [-0.25, -0.2) is 0 Å². The van der Waals surface area contributed by atoms with Gasteiger partial charge in [0.05, 0.1) is 0 Å². The van der Waals surface area contributed by atoms with Gasteiger partial charge in [-0.2, -0.15) is 0 Å². The molecule has 3 nitrogen and oxygen atoms in total. The molecule has 0 radical (unpaired) electrons. The second-order valence-electron chi connectivity index (χ2n) is 5.68. The maximum Gasteiger partial charge on any atom is 0.246 e. The lowest BCUT2D eigenvalue weighted by atomic mass is 10.0. The van der Waals surface area contributed by atoms with Crippen LogP contribution in [-0.4, -0.2) is 11.9 Å². The summed E-state index contributed by atoms with van der Waals surface area (Å²) in [6, 6.07) is 17.6. The molecule has 0 aliphatic heterocycles. The summed E-state index contributed by atoms with van der Waals surface area (Å²) in [7, 11) is 0. The van der Waals surface area contributed by atoms with Gasteiger partial charge < -0.3 is 5.32 Å². The van der Waals surface area contributed by atoms with Crippen LogP contribution in [0.3, 0.4) is 0 Å². The van der Waals surface area contributed by atoms with Gasteiger partial charge in [-0.1, -0.05) is 49.4 Å². The van der Waals surface area contributed by atoms with Gasteiger partial charge in [0.15, 0.2) is 0 Å². The second kappa shape index (κ2) is 7.76. The summed E-state index contributed by atoms with van der Waals surface area (Å²) in [5.41, 5.74) is 2.94. The van der Waals surface area contributed by atoms with Crippen LogP contribution < -0.4 is 10.6 Å². The van der Waals surface area contributed by atoms with E-state index in [0.717, 1.165) is 23.2 Å². The van der Waals surface area contributed by atoms with E-state index in [-0.39, 0.29) is 18.0 Å². The number of anilines is 1. The van der Waals surface area contributed by atoms with Crippen molar-refractivity contribution >= 4 is 11.6 Å². The fourth-order valence-corrected chi connectivity index (χ4v) is 2.31. The summed E-state index contributed by atoms with van der Waals surface area (Å²) in [6.07, 6.45) is 0.973. The fourth-order valence-electron chi connectivity index (χ4n) is 2.31. The largest absolute Gasteiger partial charge is 0.324 e. The van der Waals surface area contributed by atoms with Crippen LogP contribution in [0.4, 0.5) is 5.69 Å². The number of carbonyl (C=O) groups is 1. The lowest BCUT2D eigenvalue weighted by Gasteiger charge is -2.22. The van der Waals surface area contributed by atoms with Gasteiger partial charge in [-0.15, -0.1) is 0 Å². The van der Waals surface area contributed by atoms with E-state index in [4.69, 9.17) is 0 Å². The van der Waals surface area contributed by atoms with Crippen molar-refractivity contribution < 1.29 is 4.79 Å². The molecule has 22 heavy (non-hydrogen) atoms. The molecule has 2 atom stereocenters. The maximum atomic E-state index is 12.7. The van der Waals surface area contributed by atoms with Crippen molar-refractivity contribution in [2.45, 2.75) is 39.3 Å². The molecule has 3 heteroatoms. The normalized spacial score (nSPS) is 13.4.